The highest BCUT2D eigenvalue weighted by Crippen LogP contribution is 2.28. The van der Waals surface area contributed by atoms with E-state index in [0.717, 1.165) is 5.56 Å². The van der Waals surface area contributed by atoms with Crippen molar-refractivity contribution in [2.75, 3.05) is 33.1 Å². The van der Waals surface area contributed by atoms with Crippen LogP contribution in [0, 0.1) is 0 Å². The van der Waals surface area contributed by atoms with E-state index in [1.54, 1.807) is 37.3 Å². The lowest BCUT2D eigenvalue weighted by atomic mass is 10.2. The van der Waals surface area contributed by atoms with E-state index in [9.17, 15) is 4.79 Å². The van der Waals surface area contributed by atoms with Gasteiger partial charge in [-0.25, -0.2) is 0 Å². The standard InChI is InChI=1S/C20H21ClN4O4/c1-25(11-18(26)22-15-10-13(21)8-9-17(15)28-3)12-19-23-20(24-29-19)14-6-4-5-7-16(14)27-2/h4-10H,11-12H2,1-3H3,(H,22,26). The number of ether oxygens (including phenoxy) is 2. The van der Waals surface area contributed by atoms with Crippen LogP contribution in [0.1, 0.15) is 5.89 Å². The molecule has 1 amide bonds. The quantitative estimate of drug-likeness (QED) is 0.601. The Bertz CT molecular complexity index is 992. The van der Waals surface area contributed by atoms with Gasteiger partial charge in [0.15, 0.2) is 0 Å². The molecule has 1 heterocycles. The third-order valence-electron chi connectivity index (χ3n) is 4.07. The molecule has 0 unspecified atom stereocenters. The van der Waals surface area contributed by atoms with E-state index < -0.39 is 0 Å². The minimum atomic E-state index is -0.225. The van der Waals surface area contributed by atoms with Crippen LogP contribution >= 0.6 is 11.6 Å². The fraction of sp³-hybridized carbons (Fsp3) is 0.250. The first kappa shape index (κ1) is 20.6. The molecule has 152 valence electrons. The summed E-state index contributed by atoms with van der Waals surface area (Å²) in [4.78, 5) is 18.5. The van der Waals surface area contributed by atoms with Crippen LogP contribution < -0.4 is 14.8 Å². The van der Waals surface area contributed by atoms with Crippen molar-refractivity contribution in [3.63, 3.8) is 0 Å². The number of rotatable bonds is 8. The van der Waals surface area contributed by atoms with Crippen LogP contribution in [0.5, 0.6) is 11.5 Å². The molecular formula is C20H21ClN4O4. The van der Waals surface area contributed by atoms with E-state index in [1.165, 1.54) is 7.11 Å². The average Bonchev–Trinajstić information content (AvgIpc) is 3.16. The summed E-state index contributed by atoms with van der Waals surface area (Å²) in [6, 6.07) is 12.4. The maximum Gasteiger partial charge on any atom is 0.241 e. The van der Waals surface area contributed by atoms with E-state index in [-0.39, 0.29) is 12.5 Å². The number of amides is 1. The summed E-state index contributed by atoms with van der Waals surface area (Å²) in [5, 5.41) is 7.30. The van der Waals surface area contributed by atoms with Crippen LogP contribution in [0.3, 0.4) is 0 Å². The van der Waals surface area contributed by atoms with Crippen LogP contribution in [-0.2, 0) is 11.3 Å². The maximum atomic E-state index is 12.4. The zero-order chi connectivity index (χ0) is 20.8. The van der Waals surface area contributed by atoms with Crippen molar-refractivity contribution in [1.29, 1.82) is 0 Å². The lowest BCUT2D eigenvalue weighted by Gasteiger charge is -2.15. The lowest BCUT2D eigenvalue weighted by molar-refractivity contribution is -0.117. The fourth-order valence-corrected chi connectivity index (χ4v) is 2.93. The molecule has 1 aromatic heterocycles. The van der Waals surface area contributed by atoms with Crippen molar-refractivity contribution in [3.05, 3.63) is 53.4 Å². The minimum Gasteiger partial charge on any atom is -0.496 e. The Morgan fingerprint density at radius 2 is 1.93 bits per heavy atom. The summed E-state index contributed by atoms with van der Waals surface area (Å²) in [5.74, 6) is 1.78. The molecule has 0 aliphatic rings. The number of anilines is 1. The molecule has 0 aliphatic heterocycles. The Balaban J connectivity index is 1.61. The molecule has 0 fully saturated rings. The van der Waals surface area contributed by atoms with Gasteiger partial charge in [-0.3, -0.25) is 9.69 Å². The Hall–Kier alpha value is -3.10. The maximum absolute atomic E-state index is 12.4. The molecule has 9 heteroatoms. The fourth-order valence-electron chi connectivity index (χ4n) is 2.76. The van der Waals surface area contributed by atoms with Crippen LogP contribution in [0.2, 0.25) is 5.02 Å². The molecule has 3 aromatic rings. The van der Waals surface area contributed by atoms with E-state index >= 15 is 0 Å². The second-order valence-electron chi connectivity index (χ2n) is 6.28. The topological polar surface area (TPSA) is 89.7 Å². The molecule has 0 bridgehead atoms. The molecule has 0 atom stereocenters. The summed E-state index contributed by atoms with van der Waals surface area (Å²) < 4.78 is 15.9. The van der Waals surface area contributed by atoms with Gasteiger partial charge < -0.3 is 19.3 Å². The van der Waals surface area contributed by atoms with Gasteiger partial charge in [-0.2, -0.15) is 4.98 Å². The Morgan fingerprint density at radius 1 is 1.17 bits per heavy atom. The highest BCUT2D eigenvalue weighted by Gasteiger charge is 2.16. The smallest absolute Gasteiger partial charge is 0.241 e. The molecular weight excluding hydrogens is 396 g/mol. The van der Waals surface area contributed by atoms with Crippen LogP contribution in [-0.4, -0.2) is 48.8 Å². The summed E-state index contributed by atoms with van der Waals surface area (Å²) in [6.07, 6.45) is 0. The highest BCUT2D eigenvalue weighted by molar-refractivity contribution is 6.31. The minimum absolute atomic E-state index is 0.113. The number of carbonyl (C=O) groups excluding carboxylic acids is 1. The molecule has 0 saturated carbocycles. The average molecular weight is 417 g/mol. The van der Waals surface area contributed by atoms with E-state index in [1.807, 2.05) is 24.3 Å². The van der Waals surface area contributed by atoms with Crippen LogP contribution in [0.4, 0.5) is 5.69 Å². The van der Waals surface area contributed by atoms with Gasteiger partial charge in [-0.05, 0) is 37.4 Å². The summed E-state index contributed by atoms with van der Waals surface area (Å²) in [5.41, 5.74) is 1.24. The second kappa shape index (κ2) is 9.40. The van der Waals surface area contributed by atoms with Gasteiger partial charge in [0, 0.05) is 5.02 Å². The number of nitrogens with one attached hydrogen (secondary N) is 1. The monoisotopic (exact) mass is 416 g/mol. The zero-order valence-corrected chi connectivity index (χ0v) is 17.1. The van der Waals surface area contributed by atoms with Crippen LogP contribution in [0.15, 0.2) is 47.0 Å². The normalized spacial score (nSPS) is 10.8. The number of benzene rings is 2. The van der Waals surface area contributed by atoms with E-state index in [2.05, 4.69) is 15.5 Å². The number of para-hydroxylation sites is 1. The number of aromatic nitrogens is 2. The summed E-state index contributed by atoms with van der Waals surface area (Å²) >= 11 is 5.99. The Morgan fingerprint density at radius 3 is 2.69 bits per heavy atom. The summed E-state index contributed by atoms with van der Waals surface area (Å²) in [6.45, 7) is 0.421. The molecule has 0 aliphatic carbocycles. The second-order valence-corrected chi connectivity index (χ2v) is 6.71. The molecule has 29 heavy (non-hydrogen) atoms. The van der Waals surface area contributed by atoms with Gasteiger partial charge in [0.05, 0.1) is 38.6 Å². The van der Waals surface area contributed by atoms with Crippen molar-refractivity contribution < 1.29 is 18.8 Å². The largest absolute Gasteiger partial charge is 0.496 e. The molecule has 1 N–H and O–H groups in total. The van der Waals surface area contributed by atoms with Crippen molar-refractivity contribution in [3.8, 4) is 22.9 Å². The molecule has 2 aromatic carbocycles. The number of methoxy groups -OCH3 is 2. The lowest BCUT2D eigenvalue weighted by Crippen LogP contribution is -2.30. The molecule has 0 saturated heterocycles. The van der Waals surface area contributed by atoms with Gasteiger partial charge in [0.25, 0.3) is 0 Å². The number of hydrogen-bond donors (Lipinski definition) is 1. The molecule has 3 rings (SSSR count). The predicted octanol–water partition coefficient (Wildman–Crippen LogP) is 3.48. The first-order chi connectivity index (χ1) is 14.0. The number of halogens is 1. The van der Waals surface area contributed by atoms with Gasteiger partial charge in [0.1, 0.15) is 11.5 Å². The van der Waals surface area contributed by atoms with E-state index in [0.29, 0.717) is 40.5 Å². The molecule has 0 spiro atoms. The SMILES string of the molecule is COc1ccc(Cl)cc1NC(=O)CN(C)Cc1nc(-c2ccccc2OC)no1. The number of carbonyl (C=O) groups is 1. The van der Waals surface area contributed by atoms with Crippen molar-refractivity contribution in [1.82, 2.24) is 15.0 Å². The van der Waals surface area contributed by atoms with E-state index in [4.69, 9.17) is 25.6 Å². The third-order valence-corrected chi connectivity index (χ3v) is 4.31. The van der Waals surface area contributed by atoms with Gasteiger partial charge in [-0.1, -0.05) is 28.9 Å². The number of nitrogens with zero attached hydrogens (tertiary/aromatic N) is 3. The molecule has 8 nitrogen and oxygen atoms in total. The Kier molecular flexibility index (Phi) is 6.69. The molecule has 0 radical (unpaired) electrons. The van der Waals surface area contributed by atoms with Gasteiger partial charge in [0.2, 0.25) is 17.6 Å². The first-order valence-electron chi connectivity index (χ1n) is 8.78. The predicted molar refractivity (Wildman–Crippen MR) is 109 cm³/mol. The van der Waals surface area contributed by atoms with Gasteiger partial charge >= 0.3 is 0 Å². The zero-order valence-electron chi connectivity index (χ0n) is 16.3. The first-order valence-corrected chi connectivity index (χ1v) is 9.16. The number of likely N-dealkylation sites (N-methyl/N-ethyl adjacent to an activating group) is 1. The highest BCUT2D eigenvalue weighted by atomic mass is 35.5. The Labute approximate surface area is 173 Å². The third kappa shape index (κ3) is 5.24. The summed E-state index contributed by atoms with van der Waals surface area (Å²) in [7, 11) is 4.89. The van der Waals surface area contributed by atoms with Crippen molar-refractivity contribution in [2.24, 2.45) is 0 Å². The number of hydrogen-bond acceptors (Lipinski definition) is 7. The van der Waals surface area contributed by atoms with Crippen LogP contribution in [0.25, 0.3) is 11.4 Å². The van der Waals surface area contributed by atoms with Crippen molar-refractivity contribution >= 4 is 23.2 Å². The van der Waals surface area contributed by atoms with Gasteiger partial charge in [-0.15, -0.1) is 0 Å². The van der Waals surface area contributed by atoms with Crippen molar-refractivity contribution in [2.45, 2.75) is 6.54 Å².